The van der Waals surface area contributed by atoms with E-state index in [-0.39, 0.29) is 0 Å². The van der Waals surface area contributed by atoms with Gasteiger partial charge in [0.2, 0.25) is 0 Å². The standard InChI is InChI=1S/C12H24N2O/c1-6-12(10-13-7-2)11(3)14(4)8-9-15-5/h6,13H,3,7-10H2,1-2,4-5H3/b12-6-. The smallest absolute Gasteiger partial charge is 0.0637 e. The molecule has 0 spiro atoms. The Kier molecular flexibility index (Phi) is 8.05. The average molecular weight is 212 g/mol. The lowest BCUT2D eigenvalue weighted by Crippen LogP contribution is -2.26. The fourth-order valence-corrected chi connectivity index (χ4v) is 1.24. The molecule has 0 saturated heterocycles. The van der Waals surface area contributed by atoms with Crippen LogP contribution in [0.4, 0.5) is 0 Å². The average Bonchev–Trinajstić information content (AvgIpc) is 2.26. The number of rotatable bonds is 8. The van der Waals surface area contributed by atoms with Crippen molar-refractivity contribution in [2.24, 2.45) is 0 Å². The first kappa shape index (κ1) is 14.2. The SMILES string of the molecule is C=C(/C(=C\C)CNCC)N(C)CCOC. The fourth-order valence-electron chi connectivity index (χ4n) is 1.24. The Labute approximate surface area is 93.8 Å². The van der Waals surface area contributed by atoms with Crippen LogP contribution in [-0.2, 0) is 4.74 Å². The maximum Gasteiger partial charge on any atom is 0.0637 e. The predicted molar refractivity (Wildman–Crippen MR) is 65.9 cm³/mol. The van der Waals surface area contributed by atoms with Crippen LogP contribution in [0.1, 0.15) is 13.8 Å². The van der Waals surface area contributed by atoms with Crippen LogP contribution in [-0.4, -0.2) is 45.3 Å². The number of nitrogens with one attached hydrogen (secondary N) is 1. The van der Waals surface area contributed by atoms with Crippen molar-refractivity contribution < 1.29 is 4.74 Å². The van der Waals surface area contributed by atoms with E-state index in [9.17, 15) is 0 Å². The molecule has 0 aromatic rings. The van der Waals surface area contributed by atoms with Gasteiger partial charge in [-0.3, -0.25) is 0 Å². The molecule has 3 heteroatoms. The zero-order chi connectivity index (χ0) is 11.7. The van der Waals surface area contributed by atoms with E-state index in [1.807, 2.05) is 14.0 Å². The number of ether oxygens (including phenoxy) is 1. The first-order chi connectivity index (χ1) is 7.17. The van der Waals surface area contributed by atoms with Crippen LogP contribution in [0.3, 0.4) is 0 Å². The van der Waals surface area contributed by atoms with Crippen molar-refractivity contribution in [1.29, 1.82) is 0 Å². The lowest BCUT2D eigenvalue weighted by atomic mass is 10.2. The molecule has 0 aliphatic rings. The second kappa shape index (κ2) is 8.50. The second-order valence-corrected chi connectivity index (χ2v) is 3.46. The number of hydrogen-bond acceptors (Lipinski definition) is 3. The van der Waals surface area contributed by atoms with Crippen molar-refractivity contribution in [2.45, 2.75) is 13.8 Å². The maximum atomic E-state index is 5.04. The lowest BCUT2D eigenvalue weighted by molar-refractivity contribution is 0.174. The molecule has 0 radical (unpaired) electrons. The Hall–Kier alpha value is -0.800. The quantitative estimate of drug-likeness (QED) is 0.619. The minimum absolute atomic E-state index is 0.730. The van der Waals surface area contributed by atoms with Crippen molar-refractivity contribution in [1.82, 2.24) is 10.2 Å². The van der Waals surface area contributed by atoms with Crippen LogP contribution in [0.15, 0.2) is 23.9 Å². The highest BCUT2D eigenvalue weighted by molar-refractivity contribution is 5.27. The highest BCUT2D eigenvalue weighted by Crippen LogP contribution is 2.10. The number of methoxy groups -OCH3 is 1. The van der Waals surface area contributed by atoms with E-state index in [4.69, 9.17) is 4.74 Å². The Morgan fingerprint density at radius 1 is 1.53 bits per heavy atom. The molecule has 15 heavy (non-hydrogen) atoms. The number of allylic oxidation sites excluding steroid dienone is 1. The first-order valence-electron chi connectivity index (χ1n) is 5.42. The highest BCUT2D eigenvalue weighted by Gasteiger charge is 2.06. The topological polar surface area (TPSA) is 24.5 Å². The van der Waals surface area contributed by atoms with E-state index in [1.165, 1.54) is 5.57 Å². The van der Waals surface area contributed by atoms with Gasteiger partial charge in [-0.25, -0.2) is 0 Å². The molecular weight excluding hydrogens is 188 g/mol. The highest BCUT2D eigenvalue weighted by atomic mass is 16.5. The number of nitrogens with zero attached hydrogens (tertiary/aromatic N) is 1. The van der Waals surface area contributed by atoms with Gasteiger partial charge >= 0.3 is 0 Å². The summed E-state index contributed by atoms with van der Waals surface area (Å²) < 4.78 is 5.04. The Morgan fingerprint density at radius 2 is 2.20 bits per heavy atom. The maximum absolute atomic E-state index is 5.04. The van der Waals surface area contributed by atoms with Crippen molar-refractivity contribution in [3.05, 3.63) is 23.9 Å². The summed E-state index contributed by atoms with van der Waals surface area (Å²) in [6, 6.07) is 0. The van der Waals surface area contributed by atoms with Gasteiger partial charge in [0.05, 0.1) is 6.61 Å². The van der Waals surface area contributed by atoms with Crippen molar-refractivity contribution >= 4 is 0 Å². The molecule has 0 aromatic carbocycles. The molecule has 0 fully saturated rings. The van der Waals surface area contributed by atoms with Gasteiger partial charge in [-0.15, -0.1) is 0 Å². The van der Waals surface area contributed by atoms with Gasteiger partial charge in [-0.05, 0) is 19.0 Å². The van der Waals surface area contributed by atoms with Gasteiger partial charge < -0.3 is 15.0 Å². The van der Waals surface area contributed by atoms with E-state index in [0.29, 0.717) is 0 Å². The molecule has 0 unspecified atom stereocenters. The van der Waals surface area contributed by atoms with E-state index in [1.54, 1.807) is 7.11 Å². The molecule has 0 heterocycles. The monoisotopic (exact) mass is 212 g/mol. The molecule has 0 aromatic heterocycles. The third-order valence-corrected chi connectivity index (χ3v) is 2.38. The van der Waals surface area contributed by atoms with Crippen molar-refractivity contribution in [3.63, 3.8) is 0 Å². The van der Waals surface area contributed by atoms with Crippen LogP contribution in [0, 0.1) is 0 Å². The Bertz CT molecular complexity index is 212. The summed E-state index contributed by atoms with van der Waals surface area (Å²) in [6.45, 7) is 11.7. The summed E-state index contributed by atoms with van der Waals surface area (Å²) in [4.78, 5) is 2.12. The van der Waals surface area contributed by atoms with E-state index in [2.05, 4.69) is 29.8 Å². The van der Waals surface area contributed by atoms with Crippen LogP contribution in [0.5, 0.6) is 0 Å². The minimum atomic E-state index is 0.730. The number of likely N-dealkylation sites (N-methyl/N-ethyl adjacent to an activating group) is 2. The zero-order valence-electron chi connectivity index (χ0n) is 10.5. The fraction of sp³-hybridized carbons (Fsp3) is 0.667. The molecule has 0 bridgehead atoms. The molecule has 0 atom stereocenters. The molecule has 0 rings (SSSR count). The molecular formula is C12H24N2O. The Balaban J connectivity index is 4.13. The van der Waals surface area contributed by atoms with Crippen molar-refractivity contribution in [3.8, 4) is 0 Å². The van der Waals surface area contributed by atoms with Crippen LogP contribution in [0.2, 0.25) is 0 Å². The van der Waals surface area contributed by atoms with Gasteiger partial charge in [0.25, 0.3) is 0 Å². The van der Waals surface area contributed by atoms with Crippen LogP contribution >= 0.6 is 0 Å². The van der Waals surface area contributed by atoms with Crippen molar-refractivity contribution in [2.75, 3.05) is 40.4 Å². The van der Waals surface area contributed by atoms with Gasteiger partial charge in [0, 0.05) is 32.9 Å². The summed E-state index contributed by atoms with van der Waals surface area (Å²) in [5, 5.41) is 3.30. The zero-order valence-corrected chi connectivity index (χ0v) is 10.5. The molecule has 0 saturated carbocycles. The van der Waals surface area contributed by atoms with Gasteiger partial charge in [0.1, 0.15) is 0 Å². The molecule has 0 aliphatic heterocycles. The molecule has 0 amide bonds. The second-order valence-electron chi connectivity index (χ2n) is 3.46. The third kappa shape index (κ3) is 5.60. The summed E-state index contributed by atoms with van der Waals surface area (Å²) in [6.07, 6.45) is 2.11. The van der Waals surface area contributed by atoms with Gasteiger partial charge in [0.15, 0.2) is 0 Å². The predicted octanol–water partition coefficient (Wildman–Crippen LogP) is 1.63. The normalized spacial score (nSPS) is 11.6. The van der Waals surface area contributed by atoms with Gasteiger partial charge in [-0.1, -0.05) is 19.6 Å². The van der Waals surface area contributed by atoms with Crippen LogP contribution < -0.4 is 5.32 Å². The molecule has 88 valence electrons. The number of hydrogen-bond donors (Lipinski definition) is 1. The lowest BCUT2D eigenvalue weighted by Gasteiger charge is -2.23. The first-order valence-corrected chi connectivity index (χ1v) is 5.42. The third-order valence-electron chi connectivity index (χ3n) is 2.38. The summed E-state index contributed by atoms with van der Waals surface area (Å²) in [5.41, 5.74) is 2.31. The summed E-state index contributed by atoms with van der Waals surface area (Å²) in [7, 11) is 3.75. The van der Waals surface area contributed by atoms with Gasteiger partial charge in [-0.2, -0.15) is 0 Å². The summed E-state index contributed by atoms with van der Waals surface area (Å²) in [5.74, 6) is 0. The van der Waals surface area contributed by atoms with E-state index in [0.717, 1.165) is 31.9 Å². The van der Waals surface area contributed by atoms with E-state index < -0.39 is 0 Å². The minimum Gasteiger partial charge on any atom is -0.383 e. The Morgan fingerprint density at radius 3 is 2.67 bits per heavy atom. The summed E-state index contributed by atoms with van der Waals surface area (Å²) >= 11 is 0. The molecule has 3 nitrogen and oxygen atoms in total. The largest absolute Gasteiger partial charge is 0.383 e. The van der Waals surface area contributed by atoms with Crippen LogP contribution in [0.25, 0.3) is 0 Å². The van der Waals surface area contributed by atoms with E-state index >= 15 is 0 Å². The molecule has 0 aliphatic carbocycles. The molecule has 1 N–H and O–H groups in total.